The second-order valence-corrected chi connectivity index (χ2v) is 7.34. The van der Waals surface area contributed by atoms with Crippen molar-refractivity contribution in [2.45, 2.75) is 26.3 Å². The van der Waals surface area contributed by atoms with Gasteiger partial charge in [0.25, 0.3) is 5.91 Å². The van der Waals surface area contributed by atoms with Gasteiger partial charge in [0.15, 0.2) is 0 Å². The number of nitrogens with one attached hydrogen (secondary N) is 1. The first-order valence-corrected chi connectivity index (χ1v) is 9.29. The quantitative estimate of drug-likeness (QED) is 0.857. The van der Waals surface area contributed by atoms with Crippen LogP contribution in [0.2, 0.25) is 0 Å². The number of urea groups is 1. The molecule has 146 valence electrons. The average molecular weight is 373 g/mol. The molecule has 27 heavy (non-hydrogen) atoms. The molecular weight excluding hydrogens is 346 g/mol. The van der Waals surface area contributed by atoms with E-state index >= 15 is 0 Å². The lowest BCUT2D eigenvalue weighted by Crippen LogP contribution is -2.44. The summed E-state index contributed by atoms with van der Waals surface area (Å²) in [6.07, 6.45) is 0.739. The van der Waals surface area contributed by atoms with E-state index in [1.54, 1.807) is 45.2 Å². The maximum atomic E-state index is 13.0. The van der Waals surface area contributed by atoms with Crippen LogP contribution in [0.25, 0.3) is 11.0 Å². The molecule has 1 N–H and O–H groups in total. The van der Waals surface area contributed by atoms with Gasteiger partial charge in [0.1, 0.15) is 0 Å². The zero-order valence-electron chi connectivity index (χ0n) is 16.4. The third-order valence-corrected chi connectivity index (χ3v) is 5.00. The summed E-state index contributed by atoms with van der Waals surface area (Å²) in [6.45, 7) is 6.11. The van der Waals surface area contributed by atoms with Gasteiger partial charge in [-0.05, 0) is 38.5 Å². The number of fused-ring (bicyclic) bond motifs is 1. The Bertz CT molecular complexity index is 927. The Hall–Kier alpha value is -2.77. The number of rotatable bonds is 2. The largest absolute Gasteiger partial charge is 0.337 e. The molecule has 0 bridgehead atoms. The molecule has 0 spiro atoms. The van der Waals surface area contributed by atoms with Gasteiger partial charge in [-0.2, -0.15) is 0 Å². The number of imidazole rings is 1. The number of carbonyl (C=O) groups is 2. The first-order valence-electron chi connectivity index (χ1n) is 9.29. The van der Waals surface area contributed by atoms with Crippen molar-refractivity contribution >= 4 is 23.0 Å². The lowest BCUT2D eigenvalue weighted by Gasteiger charge is -2.23. The van der Waals surface area contributed by atoms with Crippen LogP contribution >= 0.6 is 0 Å². The molecule has 1 aromatic heterocycles. The highest BCUT2D eigenvalue weighted by Gasteiger charge is 2.23. The predicted octanol–water partition coefficient (Wildman–Crippen LogP) is 1.14. The number of nitrogens with zero attached hydrogens (tertiary/aromatic N) is 4. The van der Waals surface area contributed by atoms with E-state index < -0.39 is 0 Å². The summed E-state index contributed by atoms with van der Waals surface area (Å²) in [6, 6.07) is 5.35. The fourth-order valence-corrected chi connectivity index (χ4v) is 3.48. The van der Waals surface area contributed by atoms with Crippen molar-refractivity contribution in [1.82, 2.24) is 24.3 Å². The standard InChI is InChI=1S/C19H27N5O3/c1-13(2)20-18(26)24-9-5-8-23(10-11-24)17(25)14-6-7-15-16(12-14)22(4)19(27)21(15)3/h6-7,12-13H,5,8-11H2,1-4H3,(H,20,26). The topological polar surface area (TPSA) is 79.6 Å². The molecule has 3 amide bonds. The monoisotopic (exact) mass is 373 g/mol. The van der Waals surface area contributed by atoms with E-state index in [-0.39, 0.29) is 23.7 Å². The fraction of sp³-hybridized carbons (Fsp3) is 0.526. The molecule has 8 heteroatoms. The SMILES string of the molecule is CC(C)NC(=O)N1CCCN(C(=O)c2ccc3c(c2)n(C)c(=O)n3C)CC1. The minimum Gasteiger partial charge on any atom is -0.337 e. The Morgan fingerprint density at radius 1 is 0.963 bits per heavy atom. The van der Waals surface area contributed by atoms with Crippen LogP contribution in [0.1, 0.15) is 30.6 Å². The van der Waals surface area contributed by atoms with Crippen LogP contribution in [0.3, 0.4) is 0 Å². The van der Waals surface area contributed by atoms with E-state index in [1.807, 2.05) is 19.9 Å². The van der Waals surface area contributed by atoms with E-state index in [4.69, 9.17) is 0 Å². The first-order chi connectivity index (χ1) is 12.8. The molecule has 1 fully saturated rings. The van der Waals surface area contributed by atoms with Gasteiger partial charge >= 0.3 is 11.7 Å². The summed E-state index contributed by atoms with van der Waals surface area (Å²) in [4.78, 5) is 40.8. The van der Waals surface area contributed by atoms with Gasteiger partial charge in [-0.3, -0.25) is 13.9 Å². The maximum absolute atomic E-state index is 13.0. The van der Waals surface area contributed by atoms with Crippen LogP contribution in [0.15, 0.2) is 23.0 Å². The van der Waals surface area contributed by atoms with Crippen molar-refractivity contribution in [3.63, 3.8) is 0 Å². The second kappa shape index (κ2) is 7.46. The lowest BCUT2D eigenvalue weighted by atomic mass is 10.1. The zero-order valence-corrected chi connectivity index (χ0v) is 16.4. The summed E-state index contributed by atoms with van der Waals surface area (Å²) < 4.78 is 3.12. The molecule has 3 rings (SSSR count). The Morgan fingerprint density at radius 3 is 2.30 bits per heavy atom. The van der Waals surface area contributed by atoms with Crippen molar-refractivity contribution in [3.8, 4) is 0 Å². The van der Waals surface area contributed by atoms with Gasteiger partial charge in [0.05, 0.1) is 11.0 Å². The highest BCUT2D eigenvalue weighted by atomic mass is 16.2. The van der Waals surface area contributed by atoms with Crippen LogP contribution in [0.4, 0.5) is 4.79 Å². The molecule has 2 heterocycles. The van der Waals surface area contributed by atoms with E-state index in [2.05, 4.69) is 5.32 Å². The van der Waals surface area contributed by atoms with E-state index in [0.717, 1.165) is 17.5 Å². The summed E-state index contributed by atoms with van der Waals surface area (Å²) in [7, 11) is 3.42. The lowest BCUT2D eigenvalue weighted by molar-refractivity contribution is 0.0762. The number of amides is 3. The van der Waals surface area contributed by atoms with Gasteiger partial charge in [0.2, 0.25) is 0 Å². The molecule has 1 saturated heterocycles. The van der Waals surface area contributed by atoms with Crippen molar-refractivity contribution in [2.75, 3.05) is 26.2 Å². The molecule has 1 aliphatic heterocycles. The number of benzene rings is 1. The average Bonchev–Trinajstić information content (AvgIpc) is 2.83. The minimum atomic E-state index is -0.115. The zero-order chi connectivity index (χ0) is 19.7. The number of hydrogen-bond donors (Lipinski definition) is 1. The maximum Gasteiger partial charge on any atom is 0.328 e. The Morgan fingerprint density at radius 2 is 1.59 bits per heavy atom. The number of aryl methyl sites for hydroxylation is 2. The minimum absolute atomic E-state index is 0.0701. The summed E-state index contributed by atoms with van der Waals surface area (Å²) in [5.74, 6) is -0.0701. The molecular formula is C19H27N5O3. The number of carbonyl (C=O) groups excluding carboxylic acids is 2. The fourth-order valence-electron chi connectivity index (χ4n) is 3.48. The molecule has 0 aliphatic carbocycles. The Kier molecular flexibility index (Phi) is 5.25. The molecule has 2 aromatic rings. The predicted molar refractivity (Wildman–Crippen MR) is 104 cm³/mol. The Balaban J connectivity index is 1.76. The molecule has 8 nitrogen and oxygen atoms in total. The molecule has 1 aromatic carbocycles. The molecule has 1 aliphatic rings. The molecule has 0 saturated carbocycles. The van der Waals surface area contributed by atoms with Crippen molar-refractivity contribution < 1.29 is 9.59 Å². The first kappa shape index (κ1) is 19.0. The van der Waals surface area contributed by atoms with E-state index in [1.165, 1.54) is 0 Å². The number of hydrogen-bond acceptors (Lipinski definition) is 3. The van der Waals surface area contributed by atoms with Gasteiger partial charge < -0.3 is 15.1 Å². The second-order valence-electron chi connectivity index (χ2n) is 7.34. The van der Waals surface area contributed by atoms with Crippen molar-refractivity contribution in [1.29, 1.82) is 0 Å². The van der Waals surface area contributed by atoms with Crippen molar-refractivity contribution in [2.24, 2.45) is 14.1 Å². The van der Waals surface area contributed by atoms with Crippen LogP contribution in [0, 0.1) is 0 Å². The Labute approximate surface area is 158 Å². The number of aromatic nitrogens is 2. The smallest absolute Gasteiger partial charge is 0.328 e. The van der Waals surface area contributed by atoms with Crippen LogP contribution in [-0.2, 0) is 14.1 Å². The van der Waals surface area contributed by atoms with Crippen LogP contribution in [-0.4, -0.2) is 63.1 Å². The third-order valence-electron chi connectivity index (χ3n) is 5.00. The summed E-state index contributed by atoms with van der Waals surface area (Å²) in [5, 5.41) is 2.90. The van der Waals surface area contributed by atoms with Gasteiger partial charge in [-0.25, -0.2) is 9.59 Å². The van der Waals surface area contributed by atoms with Crippen LogP contribution < -0.4 is 11.0 Å². The molecule has 0 atom stereocenters. The summed E-state index contributed by atoms with van der Waals surface area (Å²) >= 11 is 0. The van der Waals surface area contributed by atoms with Gasteiger partial charge in [0, 0.05) is 51.9 Å². The van der Waals surface area contributed by atoms with Crippen LogP contribution in [0.5, 0.6) is 0 Å². The summed E-state index contributed by atoms with van der Waals surface area (Å²) in [5.41, 5.74) is 1.98. The van der Waals surface area contributed by atoms with Gasteiger partial charge in [-0.15, -0.1) is 0 Å². The van der Waals surface area contributed by atoms with E-state index in [9.17, 15) is 14.4 Å². The highest BCUT2D eigenvalue weighted by Crippen LogP contribution is 2.16. The normalized spacial score (nSPS) is 15.3. The highest BCUT2D eigenvalue weighted by molar-refractivity contribution is 5.97. The van der Waals surface area contributed by atoms with Crippen molar-refractivity contribution in [3.05, 3.63) is 34.2 Å². The molecule has 0 unspecified atom stereocenters. The molecule has 0 radical (unpaired) electrons. The third kappa shape index (κ3) is 3.70. The van der Waals surface area contributed by atoms with Gasteiger partial charge in [-0.1, -0.05) is 0 Å². The van der Waals surface area contributed by atoms with E-state index in [0.29, 0.717) is 31.7 Å².